The van der Waals surface area contributed by atoms with Gasteiger partial charge in [-0.1, -0.05) is 11.6 Å². The van der Waals surface area contributed by atoms with Gasteiger partial charge in [0.25, 0.3) is 5.91 Å². The number of aryl methyl sites for hydroxylation is 1. The van der Waals surface area contributed by atoms with Crippen molar-refractivity contribution in [3.8, 4) is 11.6 Å². The minimum atomic E-state index is -0.326. The Kier molecular flexibility index (Phi) is 4.73. The molecule has 0 spiro atoms. The summed E-state index contributed by atoms with van der Waals surface area (Å²) in [4.78, 5) is 22.9. The Labute approximate surface area is 166 Å². The molecular formula is C21H17ClFN3O2. The largest absolute Gasteiger partial charge is 0.439 e. The fourth-order valence-electron chi connectivity index (χ4n) is 3.24. The Balaban J connectivity index is 1.55. The molecule has 142 valence electrons. The summed E-state index contributed by atoms with van der Waals surface area (Å²) < 4.78 is 18.8. The van der Waals surface area contributed by atoms with Gasteiger partial charge in [0, 0.05) is 29.1 Å². The van der Waals surface area contributed by atoms with E-state index < -0.39 is 0 Å². The number of aromatic nitrogens is 2. The lowest BCUT2D eigenvalue weighted by Gasteiger charge is -2.25. The van der Waals surface area contributed by atoms with Crippen molar-refractivity contribution in [3.63, 3.8) is 0 Å². The van der Waals surface area contributed by atoms with Crippen molar-refractivity contribution < 1.29 is 13.9 Å². The third-order valence-electron chi connectivity index (χ3n) is 4.85. The number of nitrogens with zero attached hydrogens (tertiary/aromatic N) is 3. The molecule has 1 aliphatic heterocycles. The maximum atomic E-state index is 13.0. The summed E-state index contributed by atoms with van der Waals surface area (Å²) in [6.07, 6.45) is 3.23. The molecule has 4 rings (SSSR count). The molecule has 28 heavy (non-hydrogen) atoms. The maximum absolute atomic E-state index is 13.0. The molecule has 0 fully saturated rings. The lowest BCUT2D eigenvalue weighted by molar-refractivity contribution is 0.0715. The molecule has 0 bridgehead atoms. The molecule has 1 aliphatic rings. The zero-order chi connectivity index (χ0) is 19.8. The van der Waals surface area contributed by atoms with Gasteiger partial charge in [0.05, 0.1) is 12.6 Å². The van der Waals surface area contributed by atoms with Crippen LogP contribution in [0.3, 0.4) is 0 Å². The SMILES string of the molecule is Cc1cc(C(C)N2Cc3c(ccnc3Cl)C2=O)cnc1Oc1ccc(F)cc1. The predicted octanol–water partition coefficient (Wildman–Crippen LogP) is 5.09. The van der Waals surface area contributed by atoms with Crippen LogP contribution < -0.4 is 4.74 Å². The molecule has 7 heteroatoms. The zero-order valence-corrected chi connectivity index (χ0v) is 16.1. The van der Waals surface area contributed by atoms with Crippen LogP contribution in [0.15, 0.2) is 48.8 Å². The lowest BCUT2D eigenvalue weighted by Crippen LogP contribution is -2.27. The highest BCUT2D eigenvalue weighted by atomic mass is 35.5. The van der Waals surface area contributed by atoms with Gasteiger partial charge in [-0.15, -0.1) is 0 Å². The van der Waals surface area contributed by atoms with Gasteiger partial charge in [-0.3, -0.25) is 4.79 Å². The monoisotopic (exact) mass is 397 g/mol. The van der Waals surface area contributed by atoms with E-state index in [0.717, 1.165) is 16.7 Å². The Hall–Kier alpha value is -2.99. The molecule has 3 aromatic rings. The van der Waals surface area contributed by atoms with Crippen molar-refractivity contribution in [1.82, 2.24) is 14.9 Å². The number of hydrogen-bond donors (Lipinski definition) is 0. The van der Waals surface area contributed by atoms with E-state index in [1.54, 1.807) is 35.5 Å². The molecule has 0 saturated carbocycles. The van der Waals surface area contributed by atoms with Crippen molar-refractivity contribution >= 4 is 17.5 Å². The minimum absolute atomic E-state index is 0.0731. The van der Waals surface area contributed by atoms with Gasteiger partial charge in [0.2, 0.25) is 5.88 Å². The first-order chi connectivity index (χ1) is 13.4. The van der Waals surface area contributed by atoms with E-state index in [-0.39, 0.29) is 17.8 Å². The smallest absolute Gasteiger partial charge is 0.255 e. The summed E-state index contributed by atoms with van der Waals surface area (Å²) in [5, 5.41) is 0.359. The maximum Gasteiger partial charge on any atom is 0.255 e. The molecular weight excluding hydrogens is 381 g/mol. The minimum Gasteiger partial charge on any atom is -0.439 e. The summed E-state index contributed by atoms with van der Waals surface area (Å²) in [7, 11) is 0. The fraction of sp³-hybridized carbons (Fsp3) is 0.190. The second kappa shape index (κ2) is 7.20. The molecule has 0 aliphatic carbocycles. The number of hydrogen-bond acceptors (Lipinski definition) is 4. The molecule has 1 aromatic carbocycles. The van der Waals surface area contributed by atoms with Crippen molar-refractivity contribution in [2.45, 2.75) is 26.4 Å². The van der Waals surface area contributed by atoms with Gasteiger partial charge in [0.1, 0.15) is 16.7 Å². The number of carbonyl (C=O) groups is 1. The van der Waals surface area contributed by atoms with Crippen molar-refractivity contribution in [2.24, 2.45) is 0 Å². The van der Waals surface area contributed by atoms with Crippen LogP contribution in [0.2, 0.25) is 5.15 Å². The predicted molar refractivity (Wildman–Crippen MR) is 103 cm³/mol. The van der Waals surface area contributed by atoms with E-state index in [4.69, 9.17) is 16.3 Å². The summed E-state index contributed by atoms with van der Waals surface area (Å²) in [5.74, 6) is 0.542. The first-order valence-electron chi connectivity index (χ1n) is 8.78. The third-order valence-corrected chi connectivity index (χ3v) is 5.18. The molecule has 0 radical (unpaired) electrons. The second-order valence-electron chi connectivity index (χ2n) is 6.68. The molecule has 1 unspecified atom stereocenters. The van der Waals surface area contributed by atoms with Gasteiger partial charge >= 0.3 is 0 Å². The summed E-state index contributed by atoms with van der Waals surface area (Å²) >= 11 is 6.14. The first kappa shape index (κ1) is 18.4. The average Bonchev–Trinajstić information content (AvgIpc) is 3.03. The van der Waals surface area contributed by atoms with Crippen molar-refractivity contribution in [2.75, 3.05) is 0 Å². The standard InChI is InChI=1S/C21H17ClFN3O2/c1-12-9-14(10-25-20(12)28-16-5-3-15(23)4-6-16)13(2)26-11-18-17(21(26)27)7-8-24-19(18)22/h3-10,13H,11H2,1-2H3. The normalized spacial score (nSPS) is 14.1. The van der Waals surface area contributed by atoms with E-state index in [1.807, 2.05) is 19.9 Å². The van der Waals surface area contributed by atoms with E-state index in [1.165, 1.54) is 12.1 Å². The topological polar surface area (TPSA) is 55.3 Å². The summed E-state index contributed by atoms with van der Waals surface area (Å²) in [5.41, 5.74) is 3.04. The van der Waals surface area contributed by atoms with E-state index in [2.05, 4.69) is 9.97 Å². The van der Waals surface area contributed by atoms with Crippen LogP contribution in [0.25, 0.3) is 0 Å². The molecule has 2 aromatic heterocycles. The number of amides is 1. The van der Waals surface area contributed by atoms with Crippen molar-refractivity contribution in [1.29, 1.82) is 0 Å². The molecule has 1 atom stereocenters. The highest BCUT2D eigenvalue weighted by Gasteiger charge is 2.33. The summed E-state index contributed by atoms with van der Waals surface area (Å²) in [6, 6.07) is 9.19. The quantitative estimate of drug-likeness (QED) is 0.575. The molecule has 3 heterocycles. The molecule has 0 saturated heterocycles. The van der Waals surface area contributed by atoms with E-state index in [0.29, 0.717) is 28.9 Å². The van der Waals surface area contributed by atoms with Gasteiger partial charge in [-0.25, -0.2) is 14.4 Å². The Bertz CT molecular complexity index is 1060. The lowest BCUT2D eigenvalue weighted by atomic mass is 10.1. The number of fused-ring (bicyclic) bond motifs is 1. The van der Waals surface area contributed by atoms with E-state index >= 15 is 0 Å². The number of carbonyl (C=O) groups excluding carboxylic acids is 1. The Morgan fingerprint density at radius 3 is 2.64 bits per heavy atom. The molecule has 1 amide bonds. The number of benzene rings is 1. The van der Waals surface area contributed by atoms with Crippen LogP contribution >= 0.6 is 11.6 Å². The second-order valence-corrected chi connectivity index (χ2v) is 7.04. The molecule has 0 N–H and O–H groups in total. The highest BCUT2D eigenvalue weighted by Crippen LogP contribution is 2.34. The van der Waals surface area contributed by atoms with Crippen LogP contribution in [-0.4, -0.2) is 20.8 Å². The number of rotatable bonds is 4. The highest BCUT2D eigenvalue weighted by molar-refractivity contribution is 6.30. The van der Waals surface area contributed by atoms with Crippen LogP contribution in [0.4, 0.5) is 4.39 Å². The average molecular weight is 398 g/mol. The van der Waals surface area contributed by atoms with Crippen LogP contribution in [-0.2, 0) is 6.54 Å². The first-order valence-corrected chi connectivity index (χ1v) is 9.16. The molecule has 5 nitrogen and oxygen atoms in total. The van der Waals surface area contributed by atoms with Gasteiger partial charge in [-0.2, -0.15) is 0 Å². The summed E-state index contributed by atoms with van der Waals surface area (Å²) in [6.45, 7) is 4.24. The number of pyridine rings is 2. The van der Waals surface area contributed by atoms with Crippen LogP contribution in [0.5, 0.6) is 11.6 Å². The van der Waals surface area contributed by atoms with Crippen molar-refractivity contribution in [3.05, 3.63) is 82.0 Å². The van der Waals surface area contributed by atoms with Gasteiger partial charge in [0.15, 0.2) is 0 Å². The Morgan fingerprint density at radius 1 is 1.21 bits per heavy atom. The zero-order valence-electron chi connectivity index (χ0n) is 15.3. The van der Waals surface area contributed by atoms with Gasteiger partial charge < -0.3 is 9.64 Å². The third kappa shape index (κ3) is 3.31. The Morgan fingerprint density at radius 2 is 1.96 bits per heavy atom. The number of halogens is 2. The number of ether oxygens (including phenoxy) is 1. The van der Waals surface area contributed by atoms with Gasteiger partial charge in [-0.05, 0) is 55.8 Å². The van der Waals surface area contributed by atoms with E-state index in [9.17, 15) is 9.18 Å². The van der Waals surface area contributed by atoms with Crippen LogP contribution in [0.1, 0.15) is 40.0 Å². The fourth-order valence-corrected chi connectivity index (χ4v) is 3.46. The van der Waals surface area contributed by atoms with Crippen LogP contribution in [0, 0.1) is 12.7 Å².